The highest BCUT2D eigenvalue weighted by Gasteiger charge is 2.11. The van der Waals surface area contributed by atoms with E-state index in [0.29, 0.717) is 43.5 Å². The fourth-order valence-corrected chi connectivity index (χ4v) is 1.84. The first-order valence-corrected chi connectivity index (χ1v) is 7.11. The van der Waals surface area contributed by atoms with Crippen LogP contribution in [0.4, 0.5) is 10.5 Å². The Balaban J connectivity index is 2.85. The summed E-state index contributed by atoms with van der Waals surface area (Å²) >= 11 is 0. The number of nitrogens with zero attached hydrogens (tertiary/aromatic N) is 1. The van der Waals surface area contributed by atoms with Crippen LogP contribution < -0.4 is 14.8 Å². The summed E-state index contributed by atoms with van der Waals surface area (Å²) < 4.78 is 11.0. The molecule has 0 saturated heterocycles. The molecule has 0 aliphatic carbocycles. The average Bonchev–Trinajstić information content (AvgIpc) is 2.43. The molecule has 1 N–H and O–H groups in total. The molecule has 0 radical (unpaired) electrons. The number of benzene rings is 1. The van der Waals surface area contributed by atoms with Crippen molar-refractivity contribution in [3.8, 4) is 11.5 Å². The topological polar surface area (TPSA) is 50.8 Å². The van der Waals surface area contributed by atoms with Crippen molar-refractivity contribution >= 4 is 11.7 Å². The fraction of sp³-hybridized carbons (Fsp3) is 0.533. The summed E-state index contributed by atoms with van der Waals surface area (Å²) in [5, 5.41) is 2.86. The van der Waals surface area contributed by atoms with E-state index in [0.717, 1.165) is 0 Å². The van der Waals surface area contributed by atoms with Gasteiger partial charge in [0.25, 0.3) is 0 Å². The summed E-state index contributed by atoms with van der Waals surface area (Å²) in [5.41, 5.74) is 0.703. The molecule has 112 valence electrons. The molecule has 0 atom stereocenters. The molecule has 0 aliphatic rings. The molecule has 20 heavy (non-hydrogen) atoms. The van der Waals surface area contributed by atoms with Gasteiger partial charge >= 0.3 is 6.03 Å². The Hall–Kier alpha value is -1.91. The monoisotopic (exact) mass is 280 g/mol. The largest absolute Gasteiger partial charge is 0.490 e. The van der Waals surface area contributed by atoms with Crippen LogP contribution in [0.1, 0.15) is 27.7 Å². The zero-order chi connectivity index (χ0) is 15.0. The maximum absolute atomic E-state index is 12.0. The fourth-order valence-electron chi connectivity index (χ4n) is 1.84. The first kappa shape index (κ1) is 16.1. The maximum atomic E-state index is 12.0. The smallest absolute Gasteiger partial charge is 0.321 e. The van der Waals surface area contributed by atoms with E-state index in [1.54, 1.807) is 11.0 Å². The predicted molar refractivity (Wildman–Crippen MR) is 80.7 cm³/mol. The van der Waals surface area contributed by atoms with Crippen LogP contribution in [0.3, 0.4) is 0 Å². The average molecular weight is 280 g/mol. The third-order valence-corrected chi connectivity index (χ3v) is 2.85. The van der Waals surface area contributed by atoms with Gasteiger partial charge in [0.05, 0.1) is 13.2 Å². The van der Waals surface area contributed by atoms with Crippen LogP contribution in [0.5, 0.6) is 11.5 Å². The highest BCUT2D eigenvalue weighted by Crippen LogP contribution is 2.30. The molecule has 0 fully saturated rings. The Morgan fingerprint density at radius 2 is 1.65 bits per heavy atom. The second-order valence-corrected chi connectivity index (χ2v) is 4.13. The van der Waals surface area contributed by atoms with E-state index in [1.165, 1.54) is 0 Å². The van der Waals surface area contributed by atoms with Crippen molar-refractivity contribution in [3.05, 3.63) is 18.2 Å². The molecule has 0 spiro atoms. The number of carbonyl (C=O) groups is 1. The summed E-state index contributed by atoms with van der Waals surface area (Å²) in [6.07, 6.45) is 0. The summed E-state index contributed by atoms with van der Waals surface area (Å²) in [4.78, 5) is 13.7. The van der Waals surface area contributed by atoms with Crippen molar-refractivity contribution in [1.82, 2.24) is 4.90 Å². The summed E-state index contributed by atoms with van der Waals surface area (Å²) in [5.74, 6) is 1.34. The zero-order valence-electron chi connectivity index (χ0n) is 12.7. The summed E-state index contributed by atoms with van der Waals surface area (Å²) in [6, 6.07) is 5.30. The number of hydrogen-bond donors (Lipinski definition) is 1. The van der Waals surface area contributed by atoms with Crippen molar-refractivity contribution in [3.63, 3.8) is 0 Å². The molecule has 5 nitrogen and oxygen atoms in total. The molecule has 5 heteroatoms. The molecule has 2 amide bonds. The SMILES string of the molecule is CCOc1ccc(NC(=O)N(CC)CC)cc1OCC. The van der Waals surface area contributed by atoms with Gasteiger partial charge in [0.1, 0.15) is 0 Å². The first-order valence-electron chi connectivity index (χ1n) is 7.11. The van der Waals surface area contributed by atoms with Crippen molar-refractivity contribution in [2.45, 2.75) is 27.7 Å². The number of ether oxygens (including phenoxy) is 2. The van der Waals surface area contributed by atoms with Crippen LogP contribution in [-0.2, 0) is 0 Å². The van der Waals surface area contributed by atoms with Gasteiger partial charge in [-0.1, -0.05) is 0 Å². The van der Waals surface area contributed by atoms with Crippen molar-refractivity contribution in [2.75, 3.05) is 31.6 Å². The lowest BCUT2D eigenvalue weighted by Crippen LogP contribution is -2.34. The minimum absolute atomic E-state index is 0.110. The number of rotatable bonds is 7. The number of carbonyl (C=O) groups excluding carboxylic acids is 1. The Kier molecular flexibility index (Phi) is 6.70. The van der Waals surface area contributed by atoms with Gasteiger partial charge in [-0.3, -0.25) is 0 Å². The maximum Gasteiger partial charge on any atom is 0.321 e. The molecule has 0 saturated carbocycles. The minimum Gasteiger partial charge on any atom is -0.490 e. The lowest BCUT2D eigenvalue weighted by Gasteiger charge is -2.20. The molecule has 1 aromatic carbocycles. The van der Waals surface area contributed by atoms with Gasteiger partial charge in [0, 0.05) is 24.8 Å². The summed E-state index contributed by atoms with van der Waals surface area (Å²) in [6.45, 7) is 10.2. The van der Waals surface area contributed by atoms with Crippen molar-refractivity contribution in [2.24, 2.45) is 0 Å². The van der Waals surface area contributed by atoms with Gasteiger partial charge in [0.15, 0.2) is 11.5 Å². The van der Waals surface area contributed by atoms with E-state index >= 15 is 0 Å². The predicted octanol–water partition coefficient (Wildman–Crippen LogP) is 3.36. The normalized spacial score (nSPS) is 10.0. The molecule has 0 aliphatic heterocycles. The van der Waals surface area contributed by atoms with E-state index in [9.17, 15) is 4.79 Å². The highest BCUT2D eigenvalue weighted by atomic mass is 16.5. The number of urea groups is 1. The highest BCUT2D eigenvalue weighted by molar-refractivity contribution is 5.89. The van der Waals surface area contributed by atoms with Crippen LogP contribution in [0.25, 0.3) is 0 Å². The standard InChI is InChI=1S/C15H24N2O3/c1-5-17(6-2)15(18)16-12-9-10-13(19-7-3)14(11-12)20-8-4/h9-11H,5-8H2,1-4H3,(H,16,18). The van der Waals surface area contributed by atoms with Crippen LogP contribution in [-0.4, -0.2) is 37.2 Å². The van der Waals surface area contributed by atoms with E-state index < -0.39 is 0 Å². The number of nitrogens with one attached hydrogen (secondary N) is 1. The van der Waals surface area contributed by atoms with Crippen molar-refractivity contribution < 1.29 is 14.3 Å². The van der Waals surface area contributed by atoms with E-state index in [-0.39, 0.29) is 6.03 Å². The molecule has 0 heterocycles. The van der Waals surface area contributed by atoms with E-state index in [2.05, 4.69) is 5.32 Å². The number of anilines is 1. The number of amides is 2. The molecular weight excluding hydrogens is 256 g/mol. The second-order valence-electron chi connectivity index (χ2n) is 4.13. The zero-order valence-corrected chi connectivity index (χ0v) is 12.7. The summed E-state index contributed by atoms with van der Waals surface area (Å²) in [7, 11) is 0. The Morgan fingerprint density at radius 1 is 1.05 bits per heavy atom. The molecule has 0 unspecified atom stereocenters. The van der Waals surface area contributed by atoms with Gasteiger partial charge in [0.2, 0.25) is 0 Å². The molecule has 0 bridgehead atoms. The van der Waals surface area contributed by atoms with Crippen LogP contribution in [0.15, 0.2) is 18.2 Å². The van der Waals surface area contributed by atoms with Gasteiger partial charge < -0.3 is 19.7 Å². The van der Waals surface area contributed by atoms with E-state index in [4.69, 9.17) is 9.47 Å². The van der Waals surface area contributed by atoms with Gasteiger partial charge in [-0.25, -0.2) is 4.79 Å². The van der Waals surface area contributed by atoms with Gasteiger partial charge in [-0.2, -0.15) is 0 Å². The van der Waals surface area contributed by atoms with Crippen molar-refractivity contribution in [1.29, 1.82) is 0 Å². The number of hydrogen-bond acceptors (Lipinski definition) is 3. The second kappa shape index (κ2) is 8.30. The molecule has 1 aromatic rings. The van der Waals surface area contributed by atoms with E-state index in [1.807, 2.05) is 39.8 Å². The van der Waals surface area contributed by atoms with Crippen LogP contribution >= 0.6 is 0 Å². The van der Waals surface area contributed by atoms with Gasteiger partial charge in [-0.05, 0) is 39.8 Å². The molecular formula is C15H24N2O3. The van der Waals surface area contributed by atoms with Crippen LogP contribution in [0, 0.1) is 0 Å². The van der Waals surface area contributed by atoms with Crippen LogP contribution in [0.2, 0.25) is 0 Å². The quantitative estimate of drug-likeness (QED) is 0.833. The third kappa shape index (κ3) is 4.33. The third-order valence-electron chi connectivity index (χ3n) is 2.85. The first-order chi connectivity index (χ1) is 9.65. The Morgan fingerprint density at radius 3 is 2.20 bits per heavy atom. The Labute approximate surface area is 120 Å². The minimum atomic E-state index is -0.110. The van der Waals surface area contributed by atoms with Gasteiger partial charge in [-0.15, -0.1) is 0 Å². The molecule has 1 rings (SSSR count). The Bertz CT molecular complexity index is 431. The lowest BCUT2D eigenvalue weighted by atomic mass is 10.2. The molecule has 0 aromatic heterocycles. The lowest BCUT2D eigenvalue weighted by molar-refractivity contribution is 0.217.